The lowest BCUT2D eigenvalue weighted by molar-refractivity contribution is -0.137. The Morgan fingerprint density at radius 1 is 1.18 bits per heavy atom. The van der Waals surface area contributed by atoms with Gasteiger partial charge < -0.3 is 4.74 Å². The number of alkyl halides is 3. The van der Waals surface area contributed by atoms with Crippen molar-refractivity contribution in [2.75, 3.05) is 6.61 Å². The van der Waals surface area contributed by atoms with Crippen LogP contribution >= 0.6 is 0 Å². The fourth-order valence-corrected chi connectivity index (χ4v) is 1.53. The van der Waals surface area contributed by atoms with E-state index in [2.05, 4.69) is 4.99 Å². The van der Waals surface area contributed by atoms with E-state index < -0.39 is 11.7 Å². The molecule has 0 N–H and O–H groups in total. The molecule has 1 aromatic rings. The predicted molar refractivity (Wildman–Crippen MR) is 58.0 cm³/mol. The molecule has 17 heavy (non-hydrogen) atoms. The Kier molecular flexibility index (Phi) is 2.64. The Bertz CT molecular complexity index is 446. The van der Waals surface area contributed by atoms with Crippen molar-refractivity contribution >= 4 is 5.90 Å². The van der Waals surface area contributed by atoms with Crippen molar-refractivity contribution in [3.8, 4) is 0 Å². The molecular weight excluding hydrogens is 231 g/mol. The second-order valence-corrected chi connectivity index (χ2v) is 4.59. The van der Waals surface area contributed by atoms with Crippen molar-refractivity contribution in [2.45, 2.75) is 25.6 Å². The Balaban J connectivity index is 2.26. The van der Waals surface area contributed by atoms with Crippen molar-refractivity contribution in [2.24, 2.45) is 4.99 Å². The van der Waals surface area contributed by atoms with Crippen LogP contribution in [0, 0.1) is 0 Å². The molecule has 0 spiro atoms. The van der Waals surface area contributed by atoms with E-state index in [0.717, 1.165) is 12.1 Å². The third kappa shape index (κ3) is 2.60. The van der Waals surface area contributed by atoms with Crippen LogP contribution in [0.2, 0.25) is 0 Å². The summed E-state index contributed by atoms with van der Waals surface area (Å²) < 4.78 is 42.4. The maximum atomic E-state index is 12.4. The van der Waals surface area contributed by atoms with E-state index in [4.69, 9.17) is 4.74 Å². The highest BCUT2D eigenvalue weighted by atomic mass is 19.4. The van der Waals surface area contributed by atoms with Gasteiger partial charge in [0, 0.05) is 5.56 Å². The number of nitrogens with zero attached hydrogens (tertiary/aromatic N) is 1. The maximum Gasteiger partial charge on any atom is 0.416 e. The highest BCUT2D eigenvalue weighted by molar-refractivity contribution is 5.95. The van der Waals surface area contributed by atoms with Gasteiger partial charge >= 0.3 is 6.18 Å². The van der Waals surface area contributed by atoms with Crippen LogP contribution < -0.4 is 0 Å². The van der Waals surface area contributed by atoms with Gasteiger partial charge in [0.05, 0.1) is 11.1 Å². The molecule has 0 amide bonds. The molecule has 2 nitrogen and oxygen atoms in total. The summed E-state index contributed by atoms with van der Waals surface area (Å²) in [4.78, 5) is 4.30. The molecule has 1 aliphatic rings. The smallest absolute Gasteiger partial charge is 0.416 e. The summed E-state index contributed by atoms with van der Waals surface area (Å²) in [6.07, 6.45) is -4.31. The summed E-state index contributed by atoms with van der Waals surface area (Å²) in [6.45, 7) is 4.26. The van der Waals surface area contributed by atoms with E-state index in [9.17, 15) is 13.2 Å². The van der Waals surface area contributed by atoms with Gasteiger partial charge in [-0.1, -0.05) is 0 Å². The standard InChI is InChI=1S/C12H12F3NO/c1-11(2)7-17-10(16-11)8-3-5-9(6-4-8)12(13,14)15/h3-6H,7H2,1-2H3. The predicted octanol–water partition coefficient (Wildman–Crippen LogP) is 3.26. The van der Waals surface area contributed by atoms with Crippen LogP contribution in [-0.2, 0) is 10.9 Å². The van der Waals surface area contributed by atoms with Crippen LogP contribution in [0.25, 0.3) is 0 Å². The van der Waals surface area contributed by atoms with Crippen LogP contribution in [0.3, 0.4) is 0 Å². The van der Waals surface area contributed by atoms with E-state index >= 15 is 0 Å². The summed E-state index contributed by atoms with van der Waals surface area (Å²) >= 11 is 0. The summed E-state index contributed by atoms with van der Waals surface area (Å²) in [6, 6.07) is 4.82. The first kappa shape index (κ1) is 12.0. The van der Waals surface area contributed by atoms with Crippen molar-refractivity contribution in [1.82, 2.24) is 0 Å². The van der Waals surface area contributed by atoms with E-state index in [1.807, 2.05) is 13.8 Å². The molecule has 0 radical (unpaired) electrons. The highest BCUT2D eigenvalue weighted by Gasteiger charge is 2.31. The first-order chi connectivity index (χ1) is 7.78. The first-order valence-electron chi connectivity index (χ1n) is 5.18. The number of benzene rings is 1. The molecule has 2 rings (SSSR count). The lowest BCUT2D eigenvalue weighted by Gasteiger charge is -2.07. The van der Waals surface area contributed by atoms with Gasteiger partial charge in [-0.05, 0) is 38.1 Å². The zero-order chi connectivity index (χ0) is 12.7. The van der Waals surface area contributed by atoms with Crippen LogP contribution in [0.4, 0.5) is 13.2 Å². The quantitative estimate of drug-likeness (QED) is 0.741. The van der Waals surface area contributed by atoms with Gasteiger partial charge in [0.2, 0.25) is 5.90 Å². The van der Waals surface area contributed by atoms with Gasteiger partial charge in [0.25, 0.3) is 0 Å². The monoisotopic (exact) mass is 243 g/mol. The summed E-state index contributed by atoms with van der Waals surface area (Å²) in [5.74, 6) is 0.406. The van der Waals surface area contributed by atoms with E-state index in [1.54, 1.807) is 0 Å². The second-order valence-electron chi connectivity index (χ2n) is 4.59. The van der Waals surface area contributed by atoms with Crippen LogP contribution in [0.1, 0.15) is 25.0 Å². The summed E-state index contributed by atoms with van der Waals surface area (Å²) in [7, 11) is 0. The highest BCUT2D eigenvalue weighted by Crippen LogP contribution is 2.29. The lowest BCUT2D eigenvalue weighted by atomic mass is 10.1. The topological polar surface area (TPSA) is 21.6 Å². The molecule has 1 heterocycles. The minimum absolute atomic E-state index is 0.308. The summed E-state index contributed by atoms with van der Waals surface area (Å²) in [5.41, 5.74) is -0.402. The van der Waals surface area contributed by atoms with Crippen molar-refractivity contribution in [3.05, 3.63) is 35.4 Å². The number of hydrogen-bond acceptors (Lipinski definition) is 2. The Morgan fingerprint density at radius 3 is 2.18 bits per heavy atom. The average Bonchev–Trinajstić information content (AvgIpc) is 2.58. The molecule has 0 atom stereocenters. The zero-order valence-electron chi connectivity index (χ0n) is 9.51. The Labute approximate surface area is 97.1 Å². The lowest BCUT2D eigenvalue weighted by Crippen LogP contribution is -2.17. The fraction of sp³-hybridized carbons (Fsp3) is 0.417. The van der Waals surface area contributed by atoms with Crippen LogP contribution in [0.5, 0.6) is 0 Å². The zero-order valence-corrected chi connectivity index (χ0v) is 9.51. The molecular formula is C12H12F3NO. The van der Waals surface area contributed by atoms with Crippen molar-refractivity contribution < 1.29 is 17.9 Å². The van der Waals surface area contributed by atoms with E-state index in [-0.39, 0.29) is 5.54 Å². The minimum atomic E-state index is -4.31. The molecule has 1 aliphatic heterocycles. The van der Waals surface area contributed by atoms with Gasteiger partial charge in [-0.3, -0.25) is 0 Å². The second kappa shape index (κ2) is 3.75. The molecule has 92 valence electrons. The molecule has 0 aliphatic carbocycles. The number of ether oxygens (including phenoxy) is 1. The number of aliphatic imine (C=N–C) groups is 1. The molecule has 5 heteroatoms. The molecule has 0 saturated heterocycles. The molecule has 0 fully saturated rings. The van der Waals surface area contributed by atoms with Gasteiger partial charge in [-0.25, -0.2) is 4.99 Å². The fourth-order valence-electron chi connectivity index (χ4n) is 1.53. The van der Waals surface area contributed by atoms with Crippen LogP contribution in [0.15, 0.2) is 29.3 Å². The Hall–Kier alpha value is -1.52. The third-order valence-electron chi connectivity index (χ3n) is 2.43. The van der Waals surface area contributed by atoms with E-state index in [1.165, 1.54) is 12.1 Å². The third-order valence-corrected chi connectivity index (χ3v) is 2.43. The average molecular weight is 243 g/mol. The minimum Gasteiger partial charge on any atom is -0.475 e. The summed E-state index contributed by atoms with van der Waals surface area (Å²) in [5, 5.41) is 0. The molecule has 0 saturated carbocycles. The van der Waals surface area contributed by atoms with Gasteiger partial charge in [0.1, 0.15) is 6.61 Å². The maximum absolute atomic E-state index is 12.4. The number of rotatable bonds is 1. The normalized spacial score (nSPS) is 18.8. The number of hydrogen-bond donors (Lipinski definition) is 0. The SMILES string of the molecule is CC1(C)COC(c2ccc(C(F)(F)F)cc2)=N1. The Morgan fingerprint density at radius 2 is 1.76 bits per heavy atom. The number of halogens is 3. The van der Waals surface area contributed by atoms with Crippen molar-refractivity contribution in [1.29, 1.82) is 0 Å². The molecule has 1 aromatic carbocycles. The largest absolute Gasteiger partial charge is 0.475 e. The van der Waals surface area contributed by atoms with Gasteiger partial charge in [-0.2, -0.15) is 13.2 Å². The van der Waals surface area contributed by atoms with E-state index in [0.29, 0.717) is 18.1 Å². The molecule has 0 unspecified atom stereocenters. The van der Waals surface area contributed by atoms with Gasteiger partial charge in [0.15, 0.2) is 0 Å². The molecule has 0 aromatic heterocycles. The first-order valence-corrected chi connectivity index (χ1v) is 5.18. The molecule has 0 bridgehead atoms. The van der Waals surface area contributed by atoms with Crippen molar-refractivity contribution in [3.63, 3.8) is 0 Å². The van der Waals surface area contributed by atoms with Crippen LogP contribution in [-0.4, -0.2) is 18.0 Å². The van der Waals surface area contributed by atoms with Gasteiger partial charge in [-0.15, -0.1) is 0 Å².